The minimum Gasteiger partial charge on any atom is -0.387 e. The molecule has 2 N–H and O–H groups in total. The highest BCUT2D eigenvalue weighted by atomic mass is 19.2. The van der Waals surface area contributed by atoms with E-state index in [1.807, 2.05) is 6.07 Å². The number of aromatic nitrogens is 1. The lowest BCUT2D eigenvalue weighted by Gasteiger charge is -2.21. The molecule has 0 unspecified atom stereocenters. The second-order valence-electron chi connectivity index (χ2n) is 6.71. The molecule has 0 saturated carbocycles. The van der Waals surface area contributed by atoms with Crippen molar-refractivity contribution in [3.63, 3.8) is 0 Å². The summed E-state index contributed by atoms with van der Waals surface area (Å²) in [5.74, 6) is -1.54. The Kier molecular flexibility index (Phi) is 6.34. The van der Waals surface area contributed by atoms with Gasteiger partial charge in [-0.1, -0.05) is 18.9 Å². The van der Waals surface area contributed by atoms with Crippen LogP contribution in [0, 0.1) is 11.6 Å². The molecular formula is C20H23F2N3O2. The molecule has 2 heterocycles. The summed E-state index contributed by atoms with van der Waals surface area (Å²) in [7, 11) is 0. The number of pyridine rings is 1. The fourth-order valence-corrected chi connectivity index (χ4v) is 3.14. The first-order valence-corrected chi connectivity index (χ1v) is 9.17. The van der Waals surface area contributed by atoms with Gasteiger partial charge in [0.1, 0.15) is 5.82 Å². The summed E-state index contributed by atoms with van der Waals surface area (Å²) < 4.78 is 26.2. The Hall–Kier alpha value is -2.54. The number of nitrogens with zero attached hydrogens (tertiary/aromatic N) is 2. The Labute approximate surface area is 157 Å². The van der Waals surface area contributed by atoms with Crippen LogP contribution < -0.4 is 10.2 Å². The highest BCUT2D eigenvalue weighted by Crippen LogP contribution is 2.18. The average molecular weight is 375 g/mol. The summed E-state index contributed by atoms with van der Waals surface area (Å²) in [6, 6.07) is 6.68. The number of rotatable bonds is 5. The van der Waals surface area contributed by atoms with Crippen LogP contribution >= 0.6 is 0 Å². The molecule has 1 aromatic heterocycles. The minimum atomic E-state index is -1.13. The van der Waals surface area contributed by atoms with Crippen molar-refractivity contribution in [2.75, 3.05) is 24.5 Å². The van der Waals surface area contributed by atoms with Crippen LogP contribution in [0.2, 0.25) is 0 Å². The third-order valence-corrected chi connectivity index (χ3v) is 4.72. The Balaban J connectivity index is 1.56. The molecule has 1 saturated heterocycles. The van der Waals surface area contributed by atoms with Crippen LogP contribution in [0.25, 0.3) is 0 Å². The monoisotopic (exact) mass is 375 g/mol. The van der Waals surface area contributed by atoms with Gasteiger partial charge in [-0.3, -0.25) is 4.79 Å². The van der Waals surface area contributed by atoms with Crippen molar-refractivity contribution in [1.29, 1.82) is 0 Å². The van der Waals surface area contributed by atoms with Gasteiger partial charge in [0.15, 0.2) is 11.6 Å². The van der Waals surface area contributed by atoms with Gasteiger partial charge in [0.05, 0.1) is 11.7 Å². The van der Waals surface area contributed by atoms with E-state index in [-0.39, 0.29) is 18.0 Å². The number of amides is 1. The molecule has 0 aliphatic carbocycles. The van der Waals surface area contributed by atoms with Gasteiger partial charge >= 0.3 is 0 Å². The number of aliphatic hydroxyl groups excluding tert-OH is 1. The van der Waals surface area contributed by atoms with Gasteiger partial charge in [-0.25, -0.2) is 13.8 Å². The molecule has 27 heavy (non-hydrogen) atoms. The maximum absolute atomic E-state index is 13.2. The third kappa shape index (κ3) is 5.01. The van der Waals surface area contributed by atoms with Gasteiger partial charge in [0.2, 0.25) is 0 Å². The van der Waals surface area contributed by atoms with Gasteiger partial charge in [-0.15, -0.1) is 0 Å². The predicted molar refractivity (Wildman–Crippen MR) is 98.6 cm³/mol. The van der Waals surface area contributed by atoms with Crippen molar-refractivity contribution in [3.05, 3.63) is 59.3 Å². The molecule has 144 valence electrons. The normalized spacial score (nSPS) is 15.9. The fraction of sp³-hybridized carbons (Fsp3) is 0.400. The van der Waals surface area contributed by atoms with Crippen molar-refractivity contribution in [1.82, 2.24) is 10.3 Å². The van der Waals surface area contributed by atoms with Gasteiger partial charge in [0, 0.05) is 25.8 Å². The number of benzene rings is 1. The number of nitrogens with one attached hydrogen (secondary N) is 1. The van der Waals surface area contributed by atoms with Crippen LogP contribution in [0.4, 0.5) is 14.6 Å². The number of halogens is 2. The van der Waals surface area contributed by atoms with Crippen molar-refractivity contribution >= 4 is 11.7 Å². The molecular weight excluding hydrogens is 352 g/mol. The smallest absolute Gasteiger partial charge is 0.252 e. The van der Waals surface area contributed by atoms with E-state index in [4.69, 9.17) is 0 Å². The van der Waals surface area contributed by atoms with Gasteiger partial charge in [-0.2, -0.15) is 0 Å². The lowest BCUT2D eigenvalue weighted by atomic mass is 10.1. The largest absolute Gasteiger partial charge is 0.387 e. The minimum absolute atomic E-state index is 0.113. The number of hydrogen-bond donors (Lipinski definition) is 2. The first-order valence-electron chi connectivity index (χ1n) is 9.17. The predicted octanol–water partition coefficient (Wildman–Crippen LogP) is 3.20. The highest BCUT2D eigenvalue weighted by Gasteiger charge is 2.15. The highest BCUT2D eigenvalue weighted by molar-refractivity contribution is 5.94. The zero-order valence-corrected chi connectivity index (χ0v) is 15.0. The number of carbonyl (C=O) groups excluding carboxylic acids is 1. The molecule has 2 aromatic rings. The van der Waals surface area contributed by atoms with E-state index >= 15 is 0 Å². The summed E-state index contributed by atoms with van der Waals surface area (Å²) in [5.41, 5.74) is 0.579. The molecule has 0 spiro atoms. The molecule has 1 atom stereocenters. The van der Waals surface area contributed by atoms with Crippen LogP contribution in [0.1, 0.15) is 47.7 Å². The number of hydrogen-bond acceptors (Lipinski definition) is 4. The van der Waals surface area contributed by atoms with E-state index in [9.17, 15) is 18.7 Å². The van der Waals surface area contributed by atoms with Crippen molar-refractivity contribution < 1.29 is 18.7 Å². The second-order valence-corrected chi connectivity index (χ2v) is 6.71. The average Bonchev–Trinajstić information content (AvgIpc) is 2.97. The lowest BCUT2D eigenvalue weighted by molar-refractivity contribution is 0.0916. The van der Waals surface area contributed by atoms with Crippen LogP contribution in [0.5, 0.6) is 0 Å². The molecule has 1 aliphatic rings. The second kappa shape index (κ2) is 8.90. The molecule has 3 rings (SSSR count). The Morgan fingerprint density at radius 3 is 2.48 bits per heavy atom. The van der Waals surface area contributed by atoms with Crippen LogP contribution in [-0.4, -0.2) is 35.6 Å². The molecule has 0 radical (unpaired) electrons. The first kappa shape index (κ1) is 19.2. The van der Waals surface area contributed by atoms with Crippen LogP contribution in [0.3, 0.4) is 0 Å². The summed E-state index contributed by atoms with van der Waals surface area (Å²) >= 11 is 0. The maximum atomic E-state index is 13.2. The quantitative estimate of drug-likeness (QED) is 0.842. The number of anilines is 1. The van der Waals surface area contributed by atoms with E-state index in [0.29, 0.717) is 5.56 Å². The molecule has 1 amide bonds. The van der Waals surface area contributed by atoms with Crippen molar-refractivity contribution in [3.8, 4) is 0 Å². The summed E-state index contributed by atoms with van der Waals surface area (Å²) in [6.07, 6.45) is 5.14. The van der Waals surface area contributed by atoms with E-state index < -0.39 is 17.7 Å². The number of aliphatic hydroxyl groups is 1. The Morgan fingerprint density at radius 1 is 1.11 bits per heavy atom. The maximum Gasteiger partial charge on any atom is 0.252 e. The van der Waals surface area contributed by atoms with Gasteiger partial charge in [0.25, 0.3) is 5.91 Å². The van der Waals surface area contributed by atoms with Gasteiger partial charge < -0.3 is 15.3 Å². The van der Waals surface area contributed by atoms with E-state index in [1.165, 1.54) is 25.1 Å². The molecule has 1 aromatic carbocycles. The SMILES string of the molecule is O=C(NC[C@@H](O)c1ccc(F)c(F)c1)c1ccc(N2CCCCCC2)nc1. The summed E-state index contributed by atoms with van der Waals surface area (Å²) in [4.78, 5) is 18.8. The molecule has 5 nitrogen and oxygen atoms in total. The zero-order chi connectivity index (χ0) is 19.2. The molecule has 7 heteroatoms. The van der Waals surface area contributed by atoms with Crippen molar-refractivity contribution in [2.24, 2.45) is 0 Å². The molecule has 1 fully saturated rings. The van der Waals surface area contributed by atoms with E-state index in [0.717, 1.165) is 43.9 Å². The molecule has 1 aliphatic heterocycles. The van der Waals surface area contributed by atoms with Crippen LogP contribution in [-0.2, 0) is 0 Å². The summed E-state index contributed by atoms with van der Waals surface area (Å²) in [5, 5.41) is 12.6. The Morgan fingerprint density at radius 2 is 1.85 bits per heavy atom. The lowest BCUT2D eigenvalue weighted by Crippen LogP contribution is -2.29. The fourth-order valence-electron chi connectivity index (χ4n) is 3.14. The first-order chi connectivity index (χ1) is 13.0. The van der Waals surface area contributed by atoms with E-state index in [1.54, 1.807) is 6.07 Å². The topological polar surface area (TPSA) is 65.5 Å². The Bertz CT molecular complexity index is 775. The molecule has 0 bridgehead atoms. The van der Waals surface area contributed by atoms with Crippen LogP contribution in [0.15, 0.2) is 36.5 Å². The van der Waals surface area contributed by atoms with E-state index in [2.05, 4.69) is 15.2 Å². The zero-order valence-electron chi connectivity index (χ0n) is 15.0. The van der Waals surface area contributed by atoms with Crippen molar-refractivity contribution in [2.45, 2.75) is 31.8 Å². The number of carbonyl (C=O) groups is 1. The standard InChI is InChI=1S/C20H23F2N3O2/c21-16-7-5-14(11-17(16)22)18(26)13-24-20(27)15-6-8-19(23-12-15)25-9-3-1-2-4-10-25/h5-8,11-12,18,26H,1-4,9-10,13H2,(H,24,27)/t18-/m1/s1. The third-order valence-electron chi connectivity index (χ3n) is 4.72. The summed E-state index contributed by atoms with van der Waals surface area (Å²) in [6.45, 7) is 1.83. The van der Waals surface area contributed by atoms with Gasteiger partial charge in [-0.05, 0) is 42.7 Å².